The van der Waals surface area contributed by atoms with Crippen LogP contribution in [0.5, 0.6) is 0 Å². The number of anilines is 1. The van der Waals surface area contributed by atoms with E-state index in [4.69, 9.17) is 5.73 Å². The zero-order chi connectivity index (χ0) is 14.1. The number of rotatable bonds is 3. The Morgan fingerprint density at radius 1 is 1.35 bits per heavy atom. The summed E-state index contributed by atoms with van der Waals surface area (Å²) in [5.74, 6) is 0.380. The van der Waals surface area contributed by atoms with E-state index in [2.05, 4.69) is 18.0 Å². The van der Waals surface area contributed by atoms with E-state index in [1.165, 1.54) is 6.42 Å². The largest absolute Gasteiger partial charge is 0.309 e. The standard InChI is InChI=1S/C16H21N3O/c1-2-10-19-13-9-4-3-8-12(13)14(11-6-5-7-11)18-15(17)16(19)20/h3-4,8-9,11,15H,2,5-7,10,17H2,1H3/t15-/m0/s1. The third kappa shape index (κ3) is 2.14. The van der Waals surface area contributed by atoms with Gasteiger partial charge in [0, 0.05) is 23.7 Å². The van der Waals surface area contributed by atoms with E-state index in [-0.39, 0.29) is 5.91 Å². The molecule has 0 saturated heterocycles. The van der Waals surface area contributed by atoms with Crippen LogP contribution in [0.2, 0.25) is 0 Å². The molecular weight excluding hydrogens is 250 g/mol. The van der Waals surface area contributed by atoms with Gasteiger partial charge in [0.1, 0.15) is 0 Å². The molecule has 1 aliphatic heterocycles. The number of carbonyl (C=O) groups excluding carboxylic acids is 1. The molecule has 1 fully saturated rings. The van der Waals surface area contributed by atoms with Crippen LogP contribution < -0.4 is 10.6 Å². The number of para-hydroxylation sites is 1. The van der Waals surface area contributed by atoms with Crippen molar-refractivity contribution in [3.8, 4) is 0 Å². The summed E-state index contributed by atoms with van der Waals surface area (Å²) in [6, 6.07) is 8.07. The lowest BCUT2D eigenvalue weighted by Gasteiger charge is -2.28. The maximum atomic E-state index is 12.5. The first-order valence-corrected chi connectivity index (χ1v) is 7.46. The average Bonchev–Trinajstić information content (AvgIpc) is 2.49. The number of benzene rings is 1. The fraction of sp³-hybridized carbons (Fsp3) is 0.500. The van der Waals surface area contributed by atoms with Crippen LogP contribution in [-0.2, 0) is 4.79 Å². The number of fused-ring (bicyclic) bond motifs is 1. The van der Waals surface area contributed by atoms with Gasteiger partial charge in [0.15, 0.2) is 6.17 Å². The molecule has 1 heterocycles. The van der Waals surface area contributed by atoms with Crippen molar-refractivity contribution in [3.63, 3.8) is 0 Å². The van der Waals surface area contributed by atoms with Crippen LogP contribution in [0, 0.1) is 5.92 Å². The van der Waals surface area contributed by atoms with E-state index in [0.717, 1.165) is 36.2 Å². The number of hydrogen-bond acceptors (Lipinski definition) is 3. The average molecular weight is 271 g/mol. The summed E-state index contributed by atoms with van der Waals surface area (Å²) >= 11 is 0. The highest BCUT2D eigenvalue weighted by Crippen LogP contribution is 2.35. The molecule has 20 heavy (non-hydrogen) atoms. The van der Waals surface area contributed by atoms with E-state index in [0.29, 0.717) is 12.5 Å². The fourth-order valence-electron chi connectivity index (χ4n) is 2.94. The summed E-state index contributed by atoms with van der Waals surface area (Å²) in [6.07, 6.45) is 3.70. The first-order chi connectivity index (χ1) is 9.72. The smallest absolute Gasteiger partial charge is 0.266 e. The molecular formula is C16H21N3O. The summed E-state index contributed by atoms with van der Waals surface area (Å²) in [4.78, 5) is 18.8. The molecule has 1 aliphatic carbocycles. The topological polar surface area (TPSA) is 58.7 Å². The molecule has 106 valence electrons. The van der Waals surface area contributed by atoms with E-state index >= 15 is 0 Å². The fourth-order valence-corrected chi connectivity index (χ4v) is 2.94. The van der Waals surface area contributed by atoms with Gasteiger partial charge in [-0.1, -0.05) is 31.5 Å². The number of nitrogens with zero attached hydrogens (tertiary/aromatic N) is 2. The highest BCUT2D eigenvalue weighted by atomic mass is 16.2. The van der Waals surface area contributed by atoms with Crippen LogP contribution >= 0.6 is 0 Å². The van der Waals surface area contributed by atoms with Crippen molar-refractivity contribution in [2.24, 2.45) is 16.6 Å². The molecule has 0 radical (unpaired) electrons. The summed E-state index contributed by atoms with van der Waals surface area (Å²) in [6.45, 7) is 2.76. The number of amides is 1. The molecule has 2 aliphatic rings. The molecule has 1 aromatic carbocycles. The Bertz CT molecular complexity index is 548. The minimum absolute atomic E-state index is 0.0892. The maximum Gasteiger partial charge on any atom is 0.266 e. The second-order valence-corrected chi connectivity index (χ2v) is 5.59. The van der Waals surface area contributed by atoms with Crippen molar-refractivity contribution in [1.82, 2.24) is 0 Å². The maximum absolute atomic E-state index is 12.5. The van der Waals surface area contributed by atoms with Crippen LogP contribution in [0.25, 0.3) is 0 Å². The van der Waals surface area contributed by atoms with Gasteiger partial charge in [0.05, 0.1) is 5.69 Å². The van der Waals surface area contributed by atoms with Crippen molar-refractivity contribution in [1.29, 1.82) is 0 Å². The number of benzodiazepines with no additional fused rings is 1. The SMILES string of the molecule is CCCN1C(=O)[C@@H](N)N=C(C2CCC2)c2ccccc21. The molecule has 1 amide bonds. The minimum Gasteiger partial charge on any atom is -0.309 e. The van der Waals surface area contributed by atoms with E-state index in [1.54, 1.807) is 4.90 Å². The van der Waals surface area contributed by atoms with Gasteiger partial charge in [-0.25, -0.2) is 0 Å². The van der Waals surface area contributed by atoms with Crippen LogP contribution in [0.15, 0.2) is 29.3 Å². The van der Waals surface area contributed by atoms with E-state index in [9.17, 15) is 4.79 Å². The lowest BCUT2D eigenvalue weighted by atomic mass is 9.79. The third-order valence-corrected chi connectivity index (χ3v) is 4.21. The molecule has 0 unspecified atom stereocenters. The zero-order valence-electron chi connectivity index (χ0n) is 11.9. The molecule has 1 atom stereocenters. The highest BCUT2D eigenvalue weighted by molar-refractivity contribution is 6.13. The Labute approximate surface area is 119 Å². The van der Waals surface area contributed by atoms with E-state index < -0.39 is 6.17 Å². The third-order valence-electron chi connectivity index (χ3n) is 4.21. The molecule has 3 rings (SSSR count). The molecule has 0 bridgehead atoms. The summed E-state index contributed by atoms with van der Waals surface area (Å²) in [7, 11) is 0. The molecule has 4 nitrogen and oxygen atoms in total. The van der Waals surface area contributed by atoms with Gasteiger partial charge >= 0.3 is 0 Å². The first kappa shape index (κ1) is 13.3. The van der Waals surface area contributed by atoms with Gasteiger partial charge < -0.3 is 10.6 Å². The normalized spacial score (nSPS) is 22.9. The zero-order valence-corrected chi connectivity index (χ0v) is 11.9. The van der Waals surface area contributed by atoms with Crippen LogP contribution in [-0.4, -0.2) is 24.3 Å². The second-order valence-electron chi connectivity index (χ2n) is 5.59. The van der Waals surface area contributed by atoms with Crippen LogP contribution in [0.4, 0.5) is 5.69 Å². The minimum atomic E-state index is -0.760. The Morgan fingerprint density at radius 2 is 2.10 bits per heavy atom. The van der Waals surface area contributed by atoms with E-state index in [1.807, 2.05) is 18.2 Å². The summed E-state index contributed by atoms with van der Waals surface area (Å²) < 4.78 is 0. The summed E-state index contributed by atoms with van der Waals surface area (Å²) in [5, 5.41) is 0. The summed E-state index contributed by atoms with van der Waals surface area (Å²) in [5.41, 5.74) is 9.10. The number of hydrogen-bond donors (Lipinski definition) is 1. The van der Waals surface area contributed by atoms with Crippen molar-refractivity contribution < 1.29 is 4.79 Å². The quantitative estimate of drug-likeness (QED) is 0.917. The van der Waals surface area contributed by atoms with Crippen LogP contribution in [0.3, 0.4) is 0 Å². The Kier molecular flexibility index (Phi) is 3.57. The van der Waals surface area contributed by atoms with Crippen LogP contribution in [0.1, 0.15) is 38.2 Å². The first-order valence-electron chi connectivity index (χ1n) is 7.46. The number of aliphatic imine (C=N–C) groups is 1. The van der Waals surface area contributed by atoms with Gasteiger partial charge in [0.25, 0.3) is 5.91 Å². The number of carbonyl (C=O) groups is 1. The highest BCUT2D eigenvalue weighted by Gasteiger charge is 2.33. The monoisotopic (exact) mass is 271 g/mol. The molecule has 1 aromatic rings. The Balaban J connectivity index is 2.10. The predicted octanol–water partition coefficient (Wildman–Crippen LogP) is 2.32. The predicted molar refractivity (Wildman–Crippen MR) is 80.9 cm³/mol. The lowest BCUT2D eigenvalue weighted by molar-refractivity contribution is -0.119. The van der Waals surface area contributed by atoms with Gasteiger partial charge in [-0.3, -0.25) is 9.79 Å². The van der Waals surface area contributed by atoms with Crippen molar-refractivity contribution in [3.05, 3.63) is 29.8 Å². The molecule has 4 heteroatoms. The van der Waals surface area contributed by atoms with Crippen molar-refractivity contribution >= 4 is 17.3 Å². The van der Waals surface area contributed by atoms with Gasteiger partial charge in [-0.15, -0.1) is 0 Å². The Hall–Kier alpha value is -1.68. The molecule has 0 spiro atoms. The van der Waals surface area contributed by atoms with Gasteiger partial charge in [-0.2, -0.15) is 0 Å². The van der Waals surface area contributed by atoms with Crippen molar-refractivity contribution in [2.45, 2.75) is 38.8 Å². The second kappa shape index (κ2) is 5.37. The van der Waals surface area contributed by atoms with Crippen molar-refractivity contribution in [2.75, 3.05) is 11.4 Å². The number of nitrogens with two attached hydrogens (primary N) is 1. The lowest BCUT2D eigenvalue weighted by Crippen LogP contribution is -2.42. The molecule has 2 N–H and O–H groups in total. The molecule has 1 saturated carbocycles. The van der Waals surface area contributed by atoms with Gasteiger partial charge in [0.2, 0.25) is 0 Å². The Morgan fingerprint density at radius 3 is 2.75 bits per heavy atom. The van der Waals surface area contributed by atoms with Gasteiger partial charge in [-0.05, 0) is 25.3 Å². The molecule has 0 aromatic heterocycles.